The molecule has 2 rings (SSSR count). The number of aromatic nitrogens is 2. The van der Waals surface area contributed by atoms with Crippen molar-refractivity contribution >= 4 is 5.91 Å². The standard InChI is InChI=1S/C12H20N4O3/c1-9-15-11(16-19-9)12(17)14-5-2-8-18-10-3-6-13-7-4-10/h10,13H,2-8H2,1H3,(H,14,17). The first-order valence-electron chi connectivity index (χ1n) is 6.66. The van der Waals surface area contributed by atoms with Crippen LogP contribution in [0.15, 0.2) is 4.52 Å². The van der Waals surface area contributed by atoms with Crippen LogP contribution in [0.4, 0.5) is 0 Å². The van der Waals surface area contributed by atoms with Crippen molar-refractivity contribution in [2.75, 3.05) is 26.2 Å². The van der Waals surface area contributed by atoms with Gasteiger partial charge < -0.3 is 19.9 Å². The fourth-order valence-electron chi connectivity index (χ4n) is 1.96. The molecule has 7 heteroatoms. The lowest BCUT2D eigenvalue weighted by atomic mass is 10.1. The highest BCUT2D eigenvalue weighted by atomic mass is 16.5. The topological polar surface area (TPSA) is 89.3 Å². The number of piperidine rings is 1. The van der Waals surface area contributed by atoms with E-state index in [4.69, 9.17) is 9.26 Å². The van der Waals surface area contributed by atoms with Crippen molar-refractivity contribution in [1.82, 2.24) is 20.8 Å². The van der Waals surface area contributed by atoms with Crippen LogP contribution in [0.3, 0.4) is 0 Å². The maximum Gasteiger partial charge on any atom is 0.292 e. The van der Waals surface area contributed by atoms with Crippen molar-refractivity contribution in [3.05, 3.63) is 11.7 Å². The zero-order chi connectivity index (χ0) is 13.5. The van der Waals surface area contributed by atoms with Crippen LogP contribution < -0.4 is 10.6 Å². The van der Waals surface area contributed by atoms with E-state index in [0.29, 0.717) is 25.1 Å². The normalized spacial score (nSPS) is 16.5. The maximum absolute atomic E-state index is 11.6. The molecule has 0 saturated carbocycles. The molecule has 2 N–H and O–H groups in total. The van der Waals surface area contributed by atoms with Gasteiger partial charge in [0.15, 0.2) is 0 Å². The monoisotopic (exact) mass is 268 g/mol. The molecule has 0 aliphatic carbocycles. The molecule has 2 heterocycles. The summed E-state index contributed by atoms with van der Waals surface area (Å²) in [5.74, 6) is 0.162. The molecular formula is C12H20N4O3. The van der Waals surface area contributed by atoms with Crippen LogP contribution in [0.25, 0.3) is 0 Å². The van der Waals surface area contributed by atoms with E-state index in [-0.39, 0.29) is 11.7 Å². The molecule has 0 atom stereocenters. The number of amides is 1. The van der Waals surface area contributed by atoms with Crippen LogP contribution >= 0.6 is 0 Å². The lowest BCUT2D eigenvalue weighted by Crippen LogP contribution is -2.33. The Balaban J connectivity index is 1.55. The Labute approximate surface area is 112 Å². The van der Waals surface area contributed by atoms with E-state index in [2.05, 4.69) is 20.8 Å². The molecule has 19 heavy (non-hydrogen) atoms. The van der Waals surface area contributed by atoms with E-state index in [1.54, 1.807) is 6.92 Å². The van der Waals surface area contributed by atoms with Gasteiger partial charge >= 0.3 is 0 Å². The third kappa shape index (κ3) is 4.60. The van der Waals surface area contributed by atoms with Crippen LogP contribution in [-0.2, 0) is 4.74 Å². The average molecular weight is 268 g/mol. The van der Waals surface area contributed by atoms with Gasteiger partial charge in [0.1, 0.15) is 0 Å². The van der Waals surface area contributed by atoms with Crippen LogP contribution in [0.2, 0.25) is 0 Å². The first-order valence-corrected chi connectivity index (χ1v) is 6.66. The average Bonchev–Trinajstić information content (AvgIpc) is 2.86. The molecule has 106 valence electrons. The Morgan fingerprint density at radius 2 is 2.32 bits per heavy atom. The molecule has 0 radical (unpaired) electrons. The van der Waals surface area contributed by atoms with Gasteiger partial charge in [-0.1, -0.05) is 5.16 Å². The largest absolute Gasteiger partial charge is 0.378 e. The van der Waals surface area contributed by atoms with Crippen molar-refractivity contribution in [1.29, 1.82) is 0 Å². The van der Waals surface area contributed by atoms with E-state index >= 15 is 0 Å². The second-order valence-corrected chi connectivity index (χ2v) is 4.57. The van der Waals surface area contributed by atoms with E-state index in [0.717, 1.165) is 32.4 Å². The van der Waals surface area contributed by atoms with Gasteiger partial charge in [0, 0.05) is 20.1 Å². The highest BCUT2D eigenvalue weighted by Crippen LogP contribution is 2.07. The molecule has 1 aliphatic rings. The second kappa shape index (κ2) is 7.20. The smallest absolute Gasteiger partial charge is 0.292 e. The number of nitrogens with one attached hydrogen (secondary N) is 2. The molecular weight excluding hydrogens is 248 g/mol. The number of carbonyl (C=O) groups excluding carboxylic acids is 1. The lowest BCUT2D eigenvalue weighted by molar-refractivity contribution is 0.0317. The minimum Gasteiger partial charge on any atom is -0.378 e. The summed E-state index contributed by atoms with van der Waals surface area (Å²) in [6, 6.07) is 0. The Morgan fingerprint density at radius 1 is 1.53 bits per heavy atom. The quantitative estimate of drug-likeness (QED) is 0.720. The molecule has 0 unspecified atom stereocenters. The number of carbonyl (C=O) groups is 1. The van der Waals surface area contributed by atoms with Crippen molar-refractivity contribution in [3.8, 4) is 0 Å². The van der Waals surface area contributed by atoms with Gasteiger partial charge in [-0.05, 0) is 32.4 Å². The molecule has 7 nitrogen and oxygen atoms in total. The highest BCUT2D eigenvalue weighted by molar-refractivity contribution is 5.90. The van der Waals surface area contributed by atoms with Crippen molar-refractivity contribution in [2.24, 2.45) is 0 Å². The Kier molecular flexibility index (Phi) is 5.29. The molecule has 1 aliphatic heterocycles. The Morgan fingerprint density at radius 3 is 3.00 bits per heavy atom. The van der Waals surface area contributed by atoms with E-state index in [1.807, 2.05) is 0 Å². The molecule has 0 aromatic carbocycles. The molecule has 0 spiro atoms. The van der Waals surface area contributed by atoms with Crippen molar-refractivity contribution in [2.45, 2.75) is 32.3 Å². The van der Waals surface area contributed by atoms with Gasteiger partial charge in [-0.15, -0.1) is 0 Å². The molecule has 1 amide bonds. The van der Waals surface area contributed by atoms with Crippen molar-refractivity contribution < 1.29 is 14.1 Å². The van der Waals surface area contributed by atoms with Gasteiger partial charge in [-0.3, -0.25) is 4.79 Å². The molecule has 1 saturated heterocycles. The number of ether oxygens (including phenoxy) is 1. The minimum atomic E-state index is -0.307. The van der Waals surface area contributed by atoms with Gasteiger partial charge in [-0.2, -0.15) is 4.98 Å². The third-order valence-corrected chi connectivity index (χ3v) is 2.98. The summed E-state index contributed by atoms with van der Waals surface area (Å²) >= 11 is 0. The minimum absolute atomic E-state index is 0.0803. The van der Waals surface area contributed by atoms with E-state index < -0.39 is 0 Å². The maximum atomic E-state index is 11.6. The van der Waals surface area contributed by atoms with Gasteiger partial charge in [0.2, 0.25) is 5.89 Å². The lowest BCUT2D eigenvalue weighted by Gasteiger charge is -2.22. The summed E-state index contributed by atoms with van der Waals surface area (Å²) in [7, 11) is 0. The SMILES string of the molecule is Cc1nc(C(=O)NCCCOC2CCNCC2)no1. The zero-order valence-electron chi connectivity index (χ0n) is 11.1. The summed E-state index contributed by atoms with van der Waals surface area (Å²) < 4.78 is 10.5. The first kappa shape index (κ1) is 14.0. The number of rotatable bonds is 6. The molecule has 1 fully saturated rings. The van der Waals surface area contributed by atoms with Crippen LogP contribution in [0.5, 0.6) is 0 Å². The van der Waals surface area contributed by atoms with Gasteiger partial charge in [-0.25, -0.2) is 0 Å². The Hall–Kier alpha value is -1.47. The summed E-state index contributed by atoms with van der Waals surface area (Å²) in [6.07, 6.45) is 3.27. The predicted molar refractivity (Wildman–Crippen MR) is 67.8 cm³/mol. The number of hydrogen-bond donors (Lipinski definition) is 2. The predicted octanol–water partition coefficient (Wildman–Crippen LogP) is 0.267. The number of hydrogen-bond acceptors (Lipinski definition) is 6. The summed E-state index contributed by atoms with van der Waals surface area (Å²) in [6.45, 7) is 4.92. The summed E-state index contributed by atoms with van der Waals surface area (Å²) in [5.41, 5.74) is 0. The van der Waals surface area contributed by atoms with Gasteiger partial charge in [0.05, 0.1) is 6.10 Å². The fourth-order valence-corrected chi connectivity index (χ4v) is 1.96. The molecule has 0 bridgehead atoms. The van der Waals surface area contributed by atoms with Crippen LogP contribution in [0, 0.1) is 6.92 Å². The second-order valence-electron chi connectivity index (χ2n) is 4.57. The van der Waals surface area contributed by atoms with Gasteiger partial charge in [0.25, 0.3) is 11.7 Å². The first-order chi connectivity index (χ1) is 9.25. The van der Waals surface area contributed by atoms with E-state index in [1.165, 1.54) is 0 Å². The van der Waals surface area contributed by atoms with Crippen LogP contribution in [0.1, 0.15) is 35.8 Å². The number of nitrogens with zero attached hydrogens (tertiary/aromatic N) is 2. The van der Waals surface area contributed by atoms with Crippen molar-refractivity contribution in [3.63, 3.8) is 0 Å². The highest BCUT2D eigenvalue weighted by Gasteiger charge is 2.13. The Bertz CT molecular complexity index is 401. The molecule has 1 aromatic heterocycles. The van der Waals surface area contributed by atoms with Crippen LogP contribution in [-0.4, -0.2) is 48.4 Å². The zero-order valence-corrected chi connectivity index (χ0v) is 11.1. The summed E-state index contributed by atoms with van der Waals surface area (Å²) in [5, 5.41) is 9.58. The fraction of sp³-hybridized carbons (Fsp3) is 0.750. The van der Waals surface area contributed by atoms with E-state index in [9.17, 15) is 4.79 Å². The molecule has 1 aromatic rings. The number of aryl methyl sites for hydroxylation is 1. The summed E-state index contributed by atoms with van der Waals surface area (Å²) in [4.78, 5) is 15.4. The third-order valence-electron chi connectivity index (χ3n) is 2.98.